The van der Waals surface area contributed by atoms with E-state index in [1.54, 1.807) is 13.2 Å². The SMILES string of the molecule is COc1cc(F)c(C(Br)C2CCOC2C)cc1OC. The Labute approximate surface area is 121 Å². The van der Waals surface area contributed by atoms with Crippen LogP contribution in [0.5, 0.6) is 11.5 Å². The molecule has 3 atom stereocenters. The summed E-state index contributed by atoms with van der Waals surface area (Å²) in [7, 11) is 3.04. The third-order valence-electron chi connectivity index (χ3n) is 3.61. The van der Waals surface area contributed by atoms with Crippen LogP contribution < -0.4 is 9.47 Å². The number of hydrogen-bond donors (Lipinski definition) is 0. The molecule has 2 rings (SSSR count). The Morgan fingerprint density at radius 3 is 2.47 bits per heavy atom. The molecular weight excluding hydrogens is 315 g/mol. The molecule has 3 unspecified atom stereocenters. The van der Waals surface area contributed by atoms with Gasteiger partial charge in [0.25, 0.3) is 0 Å². The molecule has 0 bridgehead atoms. The Hall–Kier alpha value is -0.810. The van der Waals surface area contributed by atoms with Crippen molar-refractivity contribution in [1.29, 1.82) is 0 Å². The molecular formula is C14H18BrFO3. The molecule has 1 aromatic rings. The van der Waals surface area contributed by atoms with E-state index in [1.807, 2.05) is 6.92 Å². The van der Waals surface area contributed by atoms with Crippen LogP contribution in [0.4, 0.5) is 4.39 Å². The highest BCUT2D eigenvalue weighted by Crippen LogP contribution is 2.43. The fourth-order valence-electron chi connectivity index (χ4n) is 2.44. The molecule has 19 heavy (non-hydrogen) atoms. The monoisotopic (exact) mass is 332 g/mol. The molecule has 0 spiro atoms. The first-order valence-electron chi connectivity index (χ1n) is 6.25. The minimum Gasteiger partial charge on any atom is -0.493 e. The predicted octanol–water partition coefficient (Wildman–Crippen LogP) is 3.70. The molecule has 106 valence electrons. The lowest BCUT2D eigenvalue weighted by atomic mass is 9.93. The fraction of sp³-hybridized carbons (Fsp3) is 0.571. The number of benzene rings is 1. The minimum absolute atomic E-state index is 0.0928. The van der Waals surface area contributed by atoms with Crippen LogP contribution in [0.3, 0.4) is 0 Å². The molecule has 3 nitrogen and oxygen atoms in total. The maximum atomic E-state index is 14.2. The zero-order chi connectivity index (χ0) is 14.0. The van der Waals surface area contributed by atoms with Crippen LogP contribution in [0.25, 0.3) is 0 Å². The maximum absolute atomic E-state index is 14.2. The third kappa shape index (κ3) is 2.87. The predicted molar refractivity (Wildman–Crippen MR) is 74.7 cm³/mol. The molecule has 0 N–H and O–H groups in total. The van der Waals surface area contributed by atoms with E-state index in [1.165, 1.54) is 13.2 Å². The topological polar surface area (TPSA) is 27.7 Å². The van der Waals surface area contributed by atoms with Gasteiger partial charge in [-0.3, -0.25) is 0 Å². The number of ether oxygens (including phenoxy) is 3. The number of alkyl halides is 1. The van der Waals surface area contributed by atoms with Crippen LogP contribution in [0.15, 0.2) is 12.1 Å². The summed E-state index contributed by atoms with van der Waals surface area (Å²) in [6, 6.07) is 3.06. The van der Waals surface area contributed by atoms with Gasteiger partial charge in [-0.1, -0.05) is 15.9 Å². The fourth-order valence-corrected chi connectivity index (χ4v) is 3.49. The van der Waals surface area contributed by atoms with Gasteiger partial charge in [0.1, 0.15) is 5.82 Å². The van der Waals surface area contributed by atoms with E-state index in [4.69, 9.17) is 14.2 Å². The first-order valence-corrected chi connectivity index (χ1v) is 7.17. The standard InChI is InChI=1S/C14H18BrFO3/c1-8-9(4-5-19-8)14(15)10-6-12(17-2)13(18-3)7-11(10)16/h6-9,14H,4-5H2,1-3H3. The zero-order valence-corrected chi connectivity index (χ0v) is 12.9. The quantitative estimate of drug-likeness (QED) is 0.787. The first kappa shape index (κ1) is 14.6. The van der Waals surface area contributed by atoms with Gasteiger partial charge in [-0.25, -0.2) is 4.39 Å². The Kier molecular flexibility index (Phi) is 4.68. The van der Waals surface area contributed by atoms with Gasteiger partial charge in [0.2, 0.25) is 0 Å². The van der Waals surface area contributed by atoms with Crippen molar-refractivity contribution < 1.29 is 18.6 Å². The Balaban J connectivity index is 2.33. The van der Waals surface area contributed by atoms with Gasteiger partial charge in [0.15, 0.2) is 11.5 Å². The summed E-state index contributed by atoms with van der Waals surface area (Å²) in [6.45, 7) is 2.74. The molecule has 1 heterocycles. The average molecular weight is 333 g/mol. The van der Waals surface area contributed by atoms with Gasteiger partial charge >= 0.3 is 0 Å². The first-order chi connectivity index (χ1) is 9.08. The van der Waals surface area contributed by atoms with Crippen molar-refractivity contribution >= 4 is 15.9 Å². The minimum atomic E-state index is -0.293. The lowest BCUT2D eigenvalue weighted by Gasteiger charge is -2.22. The third-order valence-corrected chi connectivity index (χ3v) is 4.78. The molecule has 0 amide bonds. The van der Waals surface area contributed by atoms with E-state index < -0.39 is 0 Å². The molecule has 0 aliphatic carbocycles. The highest BCUT2D eigenvalue weighted by Gasteiger charge is 2.33. The van der Waals surface area contributed by atoms with Crippen molar-refractivity contribution in [3.63, 3.8) is 0 Å². The second-order valence-electron chi connectivity index (χ2n) is 4.66. The zero-order valence-electron chi connectivity index (χ0n) is 11.3. The van der Waals surface area contributed by atoms with Crippen LogP contribution >= 0.6 is 15.9 Å². The van der Waals surface area contributed by atoms with Crippen LogP contribution in [0, 0.1) is 11.7 Å². The van der Waals surface area contributed by atoms with Crippen LogP contribution in [-0.2, 0) is 4.74 Å². The van der Waals surface area contributed by atoms with Crippen molar-refractivity contribution in [2.45, 2.75) is 24.3 Å². The number of methoxy groups -OCH3 is 2. The summed E-state index contributed by atoms with van der Waals surface area (Å²) in [5.74, 6) is 0.903. The summed E-state index contributed by atoms with van der Waals surface area (Å²) in [5.41, 5.74) is 0.583. The molecule has 1 fully saturated rings. The Bertz CT molecular complexity index is 453. The van der Waals surface area contributed by atoms with E-state index in [0.29, 0.717) is 17.1 Å². The largest absolute Gasteiger partial charge is 0.493 e. The number of halogens is 2. The summed E-state index contributed by atoms with van der Waals surface area (Å²) < 4.78 is 30.0. The molecule has 1 aromatic carbocycles. The van der Waals surface area contributed by atoms with Crippen LogP contribution in [-0.4, -0.2) is 26.9 Å². The highest BCUT2D eigenvalue weighted by molar-refractivity contribution is 9.09. The Morgan fingerprint density at radius 1 is 1.32 bits per heavy atom. The molecule has 0 saturated carbocycles. The molecule has 0 radical (unpaired) electrons. The van der Waals surface area contributed by atoms with Gasteiger partial charge in [-0.15, -0.1) is 0 Å². The van der Waals surface area contributed by atoms with Gasteiger partial charge in [-0.05, 0) is 19.4 Å². The second-order valence-corrected chi connectivity index (χ2v) is 5.65. The van der Waals surface area contributed by atoms with E-state index in [9.17, 15) is 4.39 Å². The normalized spacial score (nSPS) is 24.3. The molecule has 1 saturated heterocycles. The average Bonchev–Trinajstić information content (AvgIpc) is 2.83. The van der Waals surface area contributed by atoms with Crippen LogP contribution in [0.1, 0.15) is 23.7 Å². The second kappa shape index (κ2) is 6.09. The molecule has 5 heteroatoms. The van der Waals surface area contributed by atoms with Gasteiger partial charge in [0, 0.05) is 29.0 Å². The number of rotatable bonds is 4. The highest BCUT2D eigenvalue weighted by atomic mass is 79.9. The van der Waals surface area contributed by atoms with E-state index >= 15 is 0 Å². The van der Waals surface area contributed by atoms with E-state index in [2.05, 4.69) is 15.9 Å². The lowest BCUT2D eigenvalue weighted by Crippen LogP contribution is -2.17. The van der Waals surface area contributed by atoms with Crippen molar-refractivity contribution in [2.75, 3.05) is 20.8 Å². The van der Waals surface area contributed by atoms with Gasteiger partial charge in [0.05, 0.1) is 20.3 Å². The van der Waals surface area contributed by atoms with Crippen molar-refractivity contribution in [3.8, 4) is 11.5 Å². The summed E-state index contributed by atoms with van der Waals surface area (Å²) in [6.07, 6.45) is 1.04. The lowest BCUT2D eigenvalue weighted by molar-refractivity contribution is 0.105. The van der Waals surface area contributed by atoms with Gasteiger partial charge < -0.3 is 14.2 Å². The van der Waals surface area contributed by atoms with Crippen molar-refractivity contribution in [1.82, 2.24) is 0 Å². The van der Waals surface area contributed by atoms with Crippen LogP contribution in [0.2, 0.25) is 0 Å². The summed E-state index contributed by atoms with van der Waals surface area (Å²) in [4.78, 5) is -0.0928. The van der Waals surface area contributed by atoms with Crippen molar-refractivity contribution in [2.24, 2.45) is 5.92 Å². The van der Waals surface area contributed by atoms with E-state index in [-0.39, 0.29) is 22.7 Å². The maximum Gasteiger partial charge on any atom is 0.163 e. The Morgan fingerprint density at radius 2 is 1.95 bits per heavy atom. The smallest absolute Gasteiger partial charge is 0.163 e. The van der Waals surface area contributed by atoms with Gasteiger partial charge in [-0.2, -0.15) is 0 Å². The van der Waals surface area contributed by atoms with Crippen molar-refractivity contribution in [3.05, 3.63) is 23.5 Å². The van der Waals surface area contributed by atoms with E-state index in [0.717, 1.165) is 13.0 Å². The molecule has 1 aliphatic rings. The summed E-state index contributed by atoms with van der Waals surface area (Å²) >= 11 is 3.60. The number of hydrogen-bond acceptors (Lipinski definition) is 3. The molecule has 0 aromatic heterocycles. The summed E-state index contributed by atoms with van der Waals surface area (Å²) in [5, 5.41) is 0. The molecule has 1 aliphatic heterocycles.